The molecule has 2 heterocycles. The Morgan fingerprint density at radius 3 is 2.61 bits per heavy atom. The van der Waals surface area contributed by atoms with Crippen molar-refractivity contribution >= 4 is 33.8 Å². The summed E-state index contributed by atoms with van der Waals surface area (Å²) >= 11 is 0. The van der Waals surface area contributed by atoms with Gasteiger partial charge in [0.1, 0.15) is 0 Å². The molecule has 4 rings (SSSR count). The molecule has 0 amide bonds. The Morgan fingerprint density at radius 2 is 1.78 bits per heavy atom. The molecule has 0 radical (unpaired) electrons. The first-order valence-electron chi connectivity index (χ1n) is 7.67. The number of hydrogen-bond acceptors (Lipinski definition) is 2. The molecule has 23 heavy (non-hydrogen) atoms. The van der Waals surface area contributed by atoms with Crippen LogP contribution >= 0.6 is 0 Å². The third kappa shape index (κ3) is 2.62. The number of benzene rings is 2. The van der Waals surface area contributed by atoms with Crippen molar-refractivity contribution in [3.63, 3.8) is 0 Å². The second-order valence-electron chi connectivity index (χ2n) is 5.60. The van der Waals surface area contributed by atoms with Gasteiger partial charge in [0, 0.05) is 34.6 Å². The Morgan fingerprint density at radius 1 is 0.957 bits per heavy atom. The molecule has 3 N–H and O–H groups in total. The Bertz CT molecular complexity index is 997. The van der Waals surface area contributed by atoms with E-state index >= 15 is 0 Å². The van der Waals surface area contributed by atoms with Gasteiger partial charge in [0.05, 0.1) is 11.2 Å². The molecule has 3 heteroatoms. The molecule has 0 bridgehead atoms. The number of aromatic amines is 1. The summed E-state index contributed by atoms with van der Waals surface area (Å²) in [5.74, 6) is 0. The molecule has 0 saturated carbocycles. The molecule has 0 unspecified atom stereocenters. The van der Waals surface area contributed by atoms with E-state index in [1.54, 1.807) is 0 Å². The fraction of sp³-hybridized carbons (Fsp3) is 0.0500. The number of nitrogens with zero attached hydrogens (tertiary/aromatic N) is 1. The van der Waals surface area contributed by atoms with Crippen LogP contribution in [0.5, 0.6) is 0 Å². The van der Waals surface area contributed by atoms with Gasteiger partial charge >= 0.3 is 0 Å². The van der Waals surface area contributed by atoms with Crippen LogP contribution in [0.1, 0.15) is 17.0 Å². The van der Waals surface area contributed by atoms with E-state index in [1.807, 2.05) is 30.5 Å². The lowest BCUT2D eigenvalue weighted by atomic mass is 10.1. The highest BCUT2D eigenvalue weighted by Crippen LogP contribution is 2.26. The van der Waals surface area contributed by atoms with Crippen LogP contribution in [0.4, 0.5) is 0 Å². The summed E-state index contributed by atoms with van der Waals surface area (Å²) < 4.78 is 0. The van der Waals surface area contributed by atoms with Gasteiger partial charge in [0.2, 0.25) is 0 Å². The van der Waals surface area contributed by atoms with Crippen molar-refractivity contribution in [2.24, 2.45) is 5.73 Å². The maximum Gasteiger partial charge on any atom is 0.0637 e. The third-order valence-electron chi connectivity index (χ3n) is 4.04. The van der Waals surface area contributed by atoms with Crippen LogP contribution in [0.25, 0.3) is 33.8 Å². The largest absolute Gasteiger partial charge is 0.357 e. The van der Waals surface area contributed by atoms with Gasteiger partial charge in [-0.05, 0) is 23.8 Å². The number of H-pyrrole nitrogens is 1. The number of fused-ring (bicyclic) bond motifs is 3. The number of aromatic nitrogens is 2. The Labute approximate surface area is 134 Å². The molecule has 0 fully saturated rings. The zero-order chi connectivity index (χ0) is 15.6. The fourth-order valence-corrected chi connectivity index (χ4v) is 2.84. The molecule has 2 aromatic heterocycles. The normalized spacial score (nSPS) is 11.7. The molecule has 4 aromatic rings. The number of pyridine rings is 1. The maximum absolute atomic E-state index is 5.74. The van der Waals surface area contributed by atoms with Gasteiger partial charge in [-0.3, -0.25) is 4.98 Å². The fourth-order valence-electron chi connectivity index (χ4n) is 2.84. The van der Waals surface area contributed by atoms with Gasteiger partial charge in [0.15, 0.2) is 0 Å². The monoisotopic (exact) mass is 299 g/mol. The van der Waals surface area contributed by atoms with Crippen molar-refractivity contribution in [3.8, 4) is 0 Å². The topological polar surface area (TPSA) is 54.7 Å². The SMILES string of the molecule is NCc1cc2ccc3cnc(/C=C/c4ccccc4)cc3c2[nH]1. The van der Waals surface area contributed by atoms with E-state index in [2.05, 4.69) is 52.4 Å². The van der Waals surface area contributed by atoms with Crippen LogP contribution in [-0.4, -0.2) is 9.97 Å². The van der Waals surface area contributed by atoms with E-state index in [-0.39, 0.29) is 0 Å². The van der Waals surface area contributed by atoms with Crippen molar-refractivity contribution in [2.75, 3.05) is 0 Å². The average molecular weight is 299 g/mol. The number of hydrogen-bond donors (Lipinski definition) is 2. The van der Waals surface area contributed by atoms with E-state index < -0.39 is 0 Å². The van der Waals surface area contributed by atoms with Crippen LogP contribution in [0.15, 0.2) is 60.8 Å². The molecule has 0 aliphatic rings. The number of nitrogens with two attached hydrogens (primary N) is 1. The lowest BCUT2D eigenvalue weighted by Gasteiger charge is -2.01. The molecule has 0 saturated heterocycles. The van der Waals surface area contributed by atoms with E-state index in [1.165, 1.54) is 10.8 Å². The molecule has 2 aromatic carbocycles. The predicted molar refractivity (Wildman–Crippen MR) is 96.9 cm³/mol. The lowest BCUT2D eigenvalue weighted by molar-refractivity contribution is 1.02. The molecular formula is C20H17N3. The second-order valence-corrected chi connectivity index (χ2v) is 5.60. The van der Waals surface area contributed by atoms with Crippen molar-refractivity contribution < 1.29 is 0 Å². The first-order chi connectivity index (χ1) is 11.3. The van der Waals surface area contributed by atoms with Gasteiger partial charge in [0.25, 0.3) is 0 Å². The summed E-state index contributed by atoms with van der Waals surface area (Å²) in [4.78, 5) is 7.94. The molecule has 0 aliphatic carbocycles. The smallest absolute Gasteiger partial charge is 0.0637 e. The van der Waals surface area contributed by atoms with Gasteiger partial charge in [-0.1, -0.05) is 48.5 Å². The minimum Gasteiger partial charge on any atom is -0.357 e. The molecular weight excluding hydrogens is 282 g/mol. The quantitative estimate of drug-likeness (QED) is 0.591. The summed E-state index contributed by atoms with van der Waals surface area (Å²) in [5, 5.41) is 3.48. The summed E-state index contributed by atoms with van der Waals surface area (Å²) in [7, 11) is 0. The van der Waals surface area contributed by atoms with Crippen molar-refractivity contribution in [1.29, 1.82) is 0 Å². The van der Waals surface area contributed by atoms with Crippen LogP contribution in [0.3, 0.4) is 0 Å². The van der Waals surface area contributed by atoms with Crippen LogP contribution in [-0.2, 0) is 6.54 Å². The highest BCUT2D eigenvalue weighted by atomic mass is 14.8. The maximum atomic E-state index is 5.74. The average Bonchev–Trinajstić information content (AvgIpc) is 3.04. The summed E-state index contributed by atoms with van der Waals surface area (Å²) in [6.07, 6.45) is 6.04. The van der Waals surface area contributed by atoms with Crippen LogP contribution in [0.2, 0.25) is 0 Å². The Balaban J connectivity index is 1.81. The summed E-state index contributed by atoms with van der Waals surface area (Å²) in [6, 6.07) is 18.7. The first-order valence-corrected chi connectivity index (χ1v) is 7.67. The van der Waals surface area contributed by atoms with Crippen LogP contribution in [0, 0.1) is 0 Å². The van der Waals surface area contributed by atoms with Gasteiger partial charge in [-0.25, -0.2) is 0 Å². The Kier molecular flexibility index (Phi) is 3.41. The zero-order valence-electron chi connectivity index (χ0n) is 12.7. The van der Waals surface area contributed by atoms with E-state index in [0.717, 1.165) is 27.9 Å². The summed E-state index contributed by atoms with van der Waals surface area (Å²) in [5.41, 5.74) is 10.0. The highest BCUT2D eigenvalue weighted by molar-refractivity contribution is 6.06. The standard InChI is InChI=1S/C20H17N3/c21-12-18-10-15-7-8-16-13-22-17(11-19(16)20(15)23-18)9-6-14-4-2-1-3-5-14/h1-11,13,23H,12,21H2/b9-6+. The number of rotatable bonds is 3. The van der Waals surface area contributed by atoms with E-state index in [9.17, 15) is 0 Å². The molecule has 0 spiro atoms. The molecule has 0 atom stereocenters. The van der Waals surface area contributed by atoms with Crippen LogP contribution < -0.4 is 5.73 Å². The highest BCUT2D eigenvalue weighted by Gasteiger charge is 2.05. The van der Waals surface area contributed by atoms with Gasteiger partial charge in [-0.2, -0.15) is 0 Å². The Hall–Kier alpha value is -2.91. The number of nitrogens with one attached hydrogen (secondary N) is 1. The minimum atomic E-state index is 0.516. The van der Waals surface area contributed by atoms with Gasteiger partial charge < -0.3 is 10.7 Å². The third-order valence-corrected chi connectivity index (χ3v) is 4.04. The van der Waals surface area contributed by atoms with Crippen molar-refractivity contribution in [3.05, 3.63) is 77.7 Å². The lowest BCUT2D eigenvalue weighted by Crippen LogP contribution is -1.95. The zero-order valence-corrected chi connectivity index (χ0v) is 12.7. The van der Waals surface area contributed by atoms with E-state index in [0.29, 0.717) is 6.54 Å². The molecule has 0 aliphatic heterocycles. The molecule has 112 valence electrons. The molecule has 3 nitrogen and oxygen atoms in total. The van der Waals surface area contributed by atoms with E-state index in [4.69, 9.17) is 5.73 Å². The minimum absolute atomic E-state index is 0.516. The predicted octanol–water partition coefficient (Wildman–Crippen LogP) is 4.35. The second kappa shape index (κ2) is 5.71. The van der Waals surface area contributed by atoms with Crippen molar-refractivity contribution in [2.45, 2.75) is 6.54 Å². The van der Waals surface area contributed by atoms with Crippen molar-refractivity contribution in [1.82, 2.24) is 9.97 Å². The summed E-state index contributed by atoms with van der Waals surface area (Å²) in [6.45, 7) is 0.516. The van der Waals surface area contributed by atoms with Gasteiger partial charge in [-0.15, -0.1) is 0 Å². The first kappa shape index (κ1) is 13.7.